The van der Waals surface area contributed by atoms with E-state index in [0.29, 0.717) is 17.1 Å². The lowest BCUT2D eigenvalue weighted by Crippen LogP contribution is -2.08. The van der Waals surface area contributed by atoms with Crippen molar-refractivity contribution in [2.75, 3.05) is 0 Å². The van der Waals surface area contributed by atoms with Crippen LogP contribution in [-0.2, 0) is 6.61 Å². The van der Waals surface area contributed by atoms with Gasteiger partial charge >= 0.3 is 5.97 Å². The zero-order chi connectivity index (χ0) is 14.8. The highest BCUT2D eigenvalue weighted by molar-refractivity contribution is 5.86. The molecular weight excluding hydrogens is 272 g/mol. The Morgan fingerprint density at radius 2 is 2.00 bits per heavy atom. The second-order valence-corrected chi connectivity index (χ2v) is 4.42. The summed E-state index contributed by atoms with van der Waals surface area (Å²) in [6.45, 7) is 0.100. The molecule has 0 saturated heterocycles. The number of phenols is 1. The standard InChI is InChI=1S/C15H12N2O4/c18-12-5-1-2-6-13(12)21-9-10-8-16-14-7-3-4-11(15(19)20)17(10)14/h1-8,18H,9H2,(H,19,20). The number of hydrogen-bond donors (Lipinski definition) is 2. The molecule has 0 fully saturated rings. The molecule has 0 bridgehead atoms. The Morgan fingerprint density at radius 3 is 2.76 bits per heavy atom. The number of ether oxygens (including phenoxy) is 1. The van der Waals surface area contributed by atoms with E-state index in [0.717, 1.165) is 0 Å². The number of phenolic OH excluding ortho intramolecular Hbond substituents is 1. The number of carbonyl (C=O) groups is 1. The Balaban J connectivity index is 1.95. The highest BCUT2D eigenvalue weighted by atomic mass is 16.5. The van der Waals surface area contributed by atoms with Gasteiger partial charge in [-0.25, -0.2) is 9.78 Å². The minimum Gasteiger partial charge on any atom is -0.504 e. The molecule has 0 saturated carbocycles. The van der Waals surface area contributed by atoms with Crippen LogP contribution in [0.3, 0.4) is 0 Å². The normalized spacial score (nSPS) is 10.7. The lowest BCUT2D eigenvalue weighted by Gasteiger charge is -2.09. The molecule has 3 aromatic rings. The number of aromatic carboxylic acids is 1. The zero-order valence-electron chi connectivity index (χ0n) is 10.9. The summed E-state index contributed by atoms with van der Waals surface area (Å²) in [5.41, 5.74) is 1.23. The second-order valence-electron chi connectivity index (χ2n) is 4.42. The average Bonchev–Trinajstić information content (AvgIpc) is 2.89. The number of aromatic hydroxyl groups is 1. The van der Waals surface area contributed by atoms with E-state index in [-0.39, 0.29) is 18.1 Å². The van der Waals surface area contributed by atoms with Gasteiger partial charge in [0.05, 0.1) is 11.9 Å². The Labute approximate surface area is 119 Å². The van der Waals surface area contributed by atoms with Crippen molar-refractivity contribution in [3.63, 3.8) is 0 Å². The van der Waals surface area contributed by atoms with Gasteiger partial charge in [-0.15, -0.1) is 0 Å². The fourth-order valence-electron chi connectivity index (χ4n) is 2.10. The van der Waals surface area contributed by atoms with Gasteiger partial charge in [0.25, 0.3) is 0 Å². The lowest BCUT2D eigenvalue weighted by molar-refractivity contribution is 0.0688. The summed E-state index contributed by atoms with van der Waals surface area (Å²) in [4.78, 5) is 15.4. The lowest BCUT2D eigenvalue weighted by atomic mass is 10.3. The molecule has 0 radical (unpaired) electrons. The van der Waals surface area contributed by atoms with Crippen molar-refractivity contribution in [3.8, 4) is 11.5 Å². The molecule has 6 nitrogen and oxygen atoms in total. The summed E-state index contributed by atoms with van der Waals surface area (Å²) < 4.78 is 7.04. The van der Waals surface area contributed by atoms with Gasteiger partial charge in [-0.3, -0.25) is 4.40 Å². The average molecular weight is 284 g/mol. The number of nitrogens with zero attached hydrogens (tertiary/aromatic N) is 2. The molecule has 2 aromatic heterocycles. The van der Waals surface area contributed by atoms with Gasteiger partial charge in [-0.2, -0.15) is 0 Å². The van der Waals surface area contributed by atoms with Crippen molar-refractivity contribution >= 4 is 11.6 Å². The van der Waals surface area contributed by atoms with E-state index >= 15 is 0 Å². The van der Waals surface area contributed by atoms with Crippen molar-refractivity contribution in [2.45, 2.75) is 6.61 Å². The van der Waals surface area contributed by atoms with Gasteiger partial charge < -0.3 is 14.9 Å². The number of para-hydroxylation sites is 2. The highest BCUT2D eigenvalue weighted by Crippen LogP contribution is 2.25. The molecule has 1 aromatic carbocycles. The second kappa shape index (κ2) is 5.16. The molecule has 0 amide bonds. The monoisotopic (exact) mass is 284 g/mol. The van der Waals surface area contributed by atoms with Crippen LogP contribution >= 0.6 is 0 Å². The Hall–Kier alpha value is -3.02. The van der Waals surface area contributed by atoms with E-state index in [4.69, 9.17) is 4.74 Å². The minimum atomic E-state index is -1.04. The number of carboxylic acids is 1. The first kappa shape index (κ1) is 13.0. The molecule has 3 rings (SSSR count). The Morgan fingerprint density at radius 1 is 1.19 bits per heavy atom. The molecular formula is C15H12N2O4. The Kier molecular flexibility index (Phi) is 3.19. The van der Waals surface area contributed by atoms with Gasteiger partial charge in [0, 0.05) is 0 Å². The van der Waals surface area contributed by atoms with Gasteiger partial charge in [0.2, 0.25) is 0 Å². The molecule has 0 unspecified atom stereocenters. The smallest absolute Gasteiger partial charge is 0.352 e. The molecule has 2 heterocycles. The van der Waals surface area contributed by atoms with Crippen molar-refractivity contribution in [3.05, 3.63) is 60.0 Å². The molecule has 0 spiro atoms. The van der Waals surface area contributed by atoms with Crippen LogP contribution in [-0.4, -0.2) is 25.6 Å². The fraction of sp³-hybridized carbons (Fsp3) is 0.0667. The number of fused-ring (bicyclic) bond motifs is 1. The van der Waals surface area contributed by atoms with Crippen LogP contribution in [0.25, 0.3) is 5.65 Å². The third kappa shape index (κ3) is 2.38. The number of benzene rings is 1. The van der Waals surface area contributed by atoms with Crippen LogP contribution < -0.4 is 4.74 Å². The van der Waals surface area contributed by atoms with Gasteiger partial charge in [0.1, 0.15) is 17.9 Å². The first-order valence-electron chi connectivity index (χ1n) is 6.26. The molecule has 0 aliphatic rings. The SMILES string of the molecule is O=C(O)c1cccc2ncc(COc3ccccc3O)n12. The van der Waals surface area contributed by atoms with E-state index < -0.39 is 5.97 Å². The molecule has 0 aliphatic heterocycles. The third-order valence-corrected chi connectivity index (χ3v) is 3.06. The number of pyridine rings is 1. The first-order valence-corrected chi connectivity index (χ1v) is 6.26. The number of imidazole rings is 1. The van der Waals surface area contributed by atoms with E-state index in [1.54, 1.807) is 36.5 Å². The van der Waals surface area contributed by atoms with Crippen LogP contribution in [0.5, 0.6) is 11.5 Å². The summed E-state index contributed by atoms with van der Waals surface area (Å²) in [6, 6.07) is 11.4. The highest BCUT2D eigenvalue weighted by Gasteiger charge is 2.13. The Bertz CT molecular complexity index is 810. The summed E-state index contributed by atoms with van der Waals surface area (Å²) in [5.74, 6) is -0.674. The van der Waals surface area contributed by atoms with Crippen molar-refractivity contribution in [2.24, 2.45) is 0 Å². The molecule has 0 aliphatic carbocycles. The van der Waals surface area contributed by atoms with E-state index in [1.165, 1.54) is 16.5 Å². The van der Waals surface area contributed by atoms with Crippen LogP contribution in [0.2, 0.25) is 0 Å². The molecule has 21 heavy (non-hydrogen) atoms. The molecule has 2 N–H and O–H groups in total. The third-order valence-electron chi connectivity index (χ3n) is 3.06. The van der Waals surface area contributed by atoms with Crippen molar-refractivity contribution in [1.29, 1.82) is 0 Å². The summed E-state index contributed by atoms with van der Waals surface area (Å²) >= 11 is 0. The van der Waals surface area contributed by atoms with Gasteiger partial charge in [-0.05, 0) is 24.3 Å². The maximum absolute atomic E-state index is 11.3. The van der Waals surface area contributed by atoms with Gasteiger partial charge in [-0.1, -0.05) is 18.2 Å². The van der Waals surface area contributed by atoms with E-state index in [1.807, 2.05) is 0 Å². The maximum atomic E-state index is 11.3. The quantitative estimate of drug-likeness (QED) is 0.768. The van der Waals surface area contributed by atoms with Crippen LogP contribution in [0.4, 0.5) is 0 Å². The largest absolute Gasteiger partial charge is 0.504 e. The predicted molar refractivity (Wildman–Crippen MR) is 74.6 cm³/mol. The van der Waals surface area contributed by atoms with Gasteiger partial charge in [0.15, 0.2) is 11.5 Å². The predicted octanol–water partition coefficient (Wildman–Crippen LogP) is 2.32. The summed E-state index contributed by atoms with van der Waals surface area (Å²) in [5, 5.41) is 18.9. The van der Waals surface area contributed by atoms with E-state index in [2.05, 4.69) is 4.98 Å². The van der Waals surface area contributed by atoms with Crippen molar-refractivity contribution < 1.29 is 19.7 Å². The maximum Gasteiger partial charge on any atom is 0.352 e. The van der Waals surface area contributed by atoms with Crippen LogP contribution in [0, 0.1) is 0 Å². The molecule has 106 valence electrons. The van der Waals surface area contributed by atoms with Crippen LogP contribution in [0.1, 0.15) is 16.2 Å². The zero-order valence-corrected chi connectivity index (χ0v) is 10.9. The summed E-state index contributed by atoms with van der Waals surface area (Å²) in [7, 11) is 0. The van der Waals surface area contributed by atoms with E-state index in [9.17, 15) is 15.0 Å². The minimum absolute atomic E-state index is 0.0322. The van der Waals surface area contributed by atoms with Crippen molar-refractivity contribution in [1.82, 2.24) is 9.38 Å². The topological polar surface area (TPSA) is 84.1 Å². The number of rotatable bonds is 4. The van der Waals surface area contributed by atoms with Crippen LogP contribution in [0.15, 0.2) is 48.7 Å². The fourth-order valence-corrected chi connectivity index (χ4v) is 2.10. The molecule has 6 heteroatoms. The first-order chi connectivity index (χ1) is 10.2. The molecule has 0 atom stereocenters. The number of hydrogen-bond acceptors (Lipinski definition) is 4. The number of aromatic nitrogens is 2. The number of carboxylic acid groups (broad SMARTS) is 1. The summed E-state index contributed by atoms with van der Waals surface area (Å²) in [6.07, 6.45) is 1.56.